The van der Waals surface area contributed by atoms with E-state index in [0.717, 1.165) is 36.4 Å². The molecule has 1 fully saturated rings. The smallest absolute Gasteiger partial charge is 0.102 e. The van der Waals surface area contributed by atoms with Crippen LogP contribution in [0.15, 0.2) is 18.2 Å². The fourth-order valence-electron chi connectivity index (χ4n) is 1.80. The molecule has 0 spiro atoms. The maximum Gasteiger partial charge on any atom is 0.102 e. The minimum atomic E-state index is 0.346. The molecule has 3 heteroatoms. The van der Waals surface area contributed by atoms with E-state index in [2.05, 4.69) is 11.4 Å². The molecule has 0 aliphatic carbocycles. The van der Waals surface area contributed by atoms with Gasteiger partial charge in [-0.25, -0.2) is 0 Å². The van der Waals surface area contributed by atoms with E-state index in [1.54, 1.807) is 0 Å². The van der Waals surface area contributed by atoms with Crippen LogP contribution in [0.4, 0.5) is 5.69 Å². The number of benzene rings is 1. The van der Waals surface area contributed by atoms with Gasteiger partial charge in [-0.2, -0.15) is 5.26 Å². The normalized spacial score (nSPS) is 19.9. The summed E-state index contributed by atoms with van der Waals surface area (Å²) in [4.78, 5) is 0. The summed E-state index contributed by atoms with van der Waals surface area (Å²) in [5.41, 5.74) is 2.68. The maximum absolute atomic E-state index is 9.05. The van der Waals surface area contributed by atoms with Crippen molar-refractivity contribution in [3.8, 4) is 6.07 Å². The minimum absolute atomic E-state index is 0.346. The van der Waals surface area contributed by atoms with Gasteiger partial charge in [-0.15, -0.1) is 0 Å². The van der Waals surface area contributed by atoms with Gasteiger partial charge in [0.2, 0.25) is 0 Å². The van der Waals surface area contributed by atoms with Crippen LogP contribution in [0.2, 0.25) is 0 Å². The van der Waals surface area contributed by atoms with E-state index in [0.29, 0.717) is 6.04 Å². The first-order chi connectivity index (χ1) is 7.31. The van der Waals surface area contributed by atoms with Crippen molar-refractivity contribution >= 4 is 5.69 Å². The van der Waals surface area contributed by atoms with Crippen LogP contribution in [0.1, 0.15) is 17.5 Å². The van der Waals surface area contributed by atoms with Gasteiger partial charge in [-0.3, -0.25) is 0 Å². The van der Waals surface area contributed by atoms with Crippen LogP contribution in [-0.2, 0) is 4.74 Å². The van der Waals surface area contributed by atoms with E-state index in [1.165, 1.54) is 0 Å². The zero-order valence-corrected chi connectivity index (χ0v) is 8.79. The van der Waals surface area contributed by atoms with E-state index in [-0.39, 0.29) is 0 Å². The molecule has 15 heavy (non-hydrogen) atoms. The van der Waals surface area contributed by atoms with Crippen LogP contribution in [0.3, 0.4) is 0 Å². The first kappa shape index (κ1) is 10.0. The zero-order chi connectivity index (χ0) is 10.7. The Hall–Kier alpha value is -1.53. The van der Waals surface area contributed by atoms with Gasteiger partial charge in [0, 0.05) is 6.61 Å². The number of hydrogen-bond donors (Lipinski definition) is 1. The van der Waals surface area contributed by atoms with E-state index in [4.69, 9.17) is 10.00 Å². The molecular formula is C12H14N2O. The molecule has 78 valence electrons. The van der Waals surface area contributed by atoms with Gasteiger partial charge in [0.25, 0.3) is 0 Å². The Kier molecular flexibility index (Phi) is 2.89. The second kappa shape index (κ2) is 4.33. The topological polar surface area (TPSA) is 45.0 Å². The highest BCUT2D eigenvalue weighted by atomic mass is 16.5. The summed E-state index contributed by atoms with van der Waals surface area (Å²) < 4.78 is 5.29. The molecular weight excluding hydrogens is 188 g/mol. The lowest BCUT2D eigenvalue weighted by Crippen LogP contribution is -2.19. The second-order valence-corrected chi connectivity index (χ2v) is 3.81. The van der Waals surface area contributed by atoms with E-state index >= 15 is 0 Å². The van der Waals surface area contributed by atoms with Crippen molar-refractivity contribution < 1.29 is 4.74 Å². The van der Waals surface area contributed by atoms with Crippen LogP contribution in [0.5, 0.6) is 0 Å². The molecule has 0 bridgehead atoms. The van der Waals surface area contributed by atoms with Crippen molar-refractivity contribution in [3.63, 3.8) is 0 Å². The molecule has 1 N–H and O–H groups in total. The highest BCUT2D eigenvalue weighted by molar-refractivity contribution is 5.61. The fraction of sp³-hybridized carbons (Fsp3) is 0.417. The van der Waals surface area contributed by atoms with Crippen LogP contribution in [0, 0.1) is 18.3 Å². The van der Waals surface area contributed by atoms with E-state index in [1.807, 2.05) is 25.1 Å². The molecule has 0 saturated carbocycles. The Bertz CT molecular complexity index is 389. The molecule has 3 nitrogen and oxygen atoms in total. The first-order valence-corrected chi connectivity index (χ1v) is 5.15. The molecule has 0 radical (unpaired) electrons. The van der Waals surface area contributed by atoms with Crippen molar-refractivity contribution in [2.75, 3.05) is 18.5 Å². The van der Waals surface area contributed by atoms with E-state index in [9.17, 15) is 0 Å². The molecule has 1 aromatic carbocycles. The largest absolute Gasteiger partial charge is 0.379 e. The highest BCUT2D eigenvalue weighted by Crippen LogP contribution is 2.21. The standard InChI is InChI=1S/C12H14N2O/c1-9-3-2-4-12(11(9)7-13)14-10-5-6-15-8-10/h2-4,10,14H,5-6,8H2,1H3. The third kappa shape index (κ3) is 2.11. The fourth-order valence-corrected chi connectivity index (χ4v) is 1.80. The number of aryl methyl sites for hydroxylation is 1. The Labute approximate surface area is 89.7 Å². The third-order valence-electron chi connectivity index (χ3n) is 2.67. The van der Waals surface area contributed by atoms with Crippen molar-refractivity contribution in [3.05, 3.63) is 29.3 Å². The summed E-state index contributed by atoms with van der Waals surface area (Å²) in [5, 5.41) is 12.4. The maximum atomic E-state index is 9.05. The number of hydrogen-bond acceptors (Lipinski definition) is 3. The second-order valence-electron chi connectivity index (χ2n) is 3.81. The quantitative estimate of drug-likeness (QED) is 0.798. The predicted molar refractivity (Wildman–Crippen MR) is 58.7 cm³/mol. The Balaban J connectivity index is 2.20. The predicted octanol–water partition coefficient (Wildman–Crippen LogP) is 2.07. The molecule has 1 aromatic rings. The molecule has 0 aromatic heterocycles. The van der Waals surface area contributed by atoms with Crippen LogP contribution < -0.4 is 5.32 Å². The lowest BCUT2D eigenvalue weighted by Gasteiger charge is -2.14. The number of nitrogens with zero attached hydrogens (tertiary/aromatic N) is 1. The molecule has 1 aliphatic rings. The molecule has 1 aliphatic heterocycles. The molecule has 2 rings (SSSR count). The molecule has 1 saturated heterocycles. The number of nitriles is 1. The summed E-state index contributed by atoms with van der Waals surface area (Å²) in [6.07, 6.45) is 1.01. The summed E-state index contributed by atoms with van der Waals surface area (Å²) >= 11 is 0. The first-order valence-electron chi connectivity index (χ1n) is 5.15. The molecule has 0 amide bonds. The van der Waals surface area contributed by atoms with Gasteiger partial charge in [-0.1, -0.05) is 12.1 Å². The third-order valence-corrected chi connectivity index (χ3v) is 2.67. The Morgan fingerprint density at radius 3 is 3.07 bits per heavy atom. The van der Waals surface area contributed by atoms with Crippen molar-refractivity contribution in [1.29, 1.82) is 5.26 Å². The number of ether oxygens (including phenoxy) is 1. The SMILES string of the molecule is Cc1cccc(NC2CCOC2)c1C#N. The van der Waals surface area contributed by atoms with E-state index < -0.39 is 0 Å². The number of anilines is 1. The van der Waals surface area contributed by atoms with Gasteiger partial charge in [0.15, 0.2) is 0 Å². The summed E-state index contributed by atoms with van der Waals surface area (Å²) in [6, 6.07) is 8.45. The summed E-state index contributed by atoms with van der Waals surface area (Å²) in [7, 11) is 0. The highest BCUT2D eigenvalue weighted by Gasteiger charge is 2.16. The molecule has 1 heterocycles. The van der Waals surface area contributed by atoms with Gasteiger partial charge < -0.3 is 10.1 Å². The Morgan fingerprint density at radius 1 is 1.53 bits per heavy atom. The lowest BCUT2D eigenvalue weighted by molar-refractivity contribution is 0.195. The molecule has 1 atom stereocenters. The van der Waals surface area contributed by atoms with Gasteiger partial charge >= 0.3 is 0 Å². The summed E-state index contributed by atoms with van der Waals surface area (Å²) in [6.45, 7) is 3.50. The van der Waals surface area contributed by atoms with Crippen LogP contribution in [-0.4, -0.2) is 19.3 Å². The average Bonchev–Trinajstić information content (AvgIpc) is 2.71. The van der Waals surface area contributed by atoms with Crippen molar-refractivity contribution in [2.45, 2.75) is 19.4 Å². The van der Waals surface area contributed by atoms with Gasteiger partial charge in [0.05, 0.1) is 23.9 Å². The molecule has 1 unspecified atom stereocenters. The monoisotopic (exact) mass is 202 g/mol. The van der Waals surface area contributed by atoms with Crippen LogP contribution in [0.25, 0.3) is 0 Å². The number of rotatable bonds is 2. The zero-order valence-electron chi connectivity index (χ0n) is 8.79. The van der Waals surface area contributed by atoms with Gasteiger partial charge in [-0.05, 0) is 25.0 Å². The lowest BCUT2D eigenvalue weighted by atomic mass is 10.1. The van der Waals surface area contributed by atoms with Crippen molar-refractivity contribution in [2.24, 2.45) is 0 Å². The summed E-state index contributed by atoms with van der Waals surface area (Å²) in [5.74, 6) is 0. The minimum Gasteiger partial charge on any atom is -0.379 e. The van der Waals surface area contributed by atoms with Gasteiger partial charge in [0.1, 0.15) is 6.07 Å². The Morgan fingerprint density at radius 2 is 2.40 bits per heavy atom. The number of nitrogens with one attached hydrogen (secondary N) is 1. The van der Waals surface area contributed by atoms with Crippen molar-refractivity contribution in [1.82, 2.24) is 0 Å². The average molecular weight is 202 g/mol. The van der Waals surface area contributed by atoms with Crippen LogP contribution >= 0.6 is 0 Å².